The molecule has 0 bridgehead atoms. The second-order valence-corrected chi connectivity index (χ2v) is 6.73. The van der Waals surface area contributed by atoms with Crippen molar-refractivity contribution in [2.75, 3.05) is 18.1 Å². The van der Waals surface area contributed by atoms with E-state index in [9.17, 15) is 32.3 Å². The third-order valence-electron chi connectivity index (χ3n) is 4.39. The summed E-state index contributed by atoms with van der Waals surface area (Å²) in [4.78, 5) is 29.1. The number of rotatable bonds is 4. The second-order valence-electron chi connectivity index (χ2n) is 6.73. The number of pyridine rings is 1. The Kier molecular flexibility index (Phi) is 5.81. The van der Waals surface area contributed by atoms with Crippen LogP contribution in [0.15, 0.2) is 30.3 Å². The van der Waals surface area contributed by atoms with E-state index in [-0.39, 0.29) is 35.9 Å². The van der Waals surface area contributed by atoms with Gasteiger partial charge in [0.15, 0.2) is 0 Å². The first kappa shape index (κ1) is 21.3. The summed E-state index contributed by atoms with van der Waals surface area (Å²) in [7, 11) is 0. The molecule has 11 heteroatoms. The Bertz CT molecular complexity index is 963. The molecule has 160 valence electrons. The maximum Gasteiger partial charge on any atom is 0.412 e. The molecule has 2 heterocycles. The zero-order valence-corrected chi connectivity index (χ0v) is 15.7. The molecule has 3 rings (SSSR count). The van der Waals surface area contributed by atoms with Gasteiger partial charge >= 0.3 is 12.3 Å². The summed E-state index contributed by atoms with van der Waals surface area (Å²) in [5, 5.41) is 11.3. The Morgan fingerprint density at radius 3 is 2.57 bits per heavy atom. The van der Waals surface area contributed by atoms with E-state index in [2.05, 4.69) is 4.98 Å². The van der Waals surface area contributed by atoms with Crippen LogP contribution < -0.4 is 15.0 Å². The minimum atomic E-state index is -4.62. The lowest BCUT2D eigenvalue weighted by atomic mass is 10.0. The number of anilines is 1. The molecule has 1 aliphatic heterocycles. The summed E-state index contributed by atoms with van der Waals surface area (Å²) < 4.78 is 56.1. The highest BCUT2D eigenvalue weighted by atomic mass is 19.4. The van der Waals surface area contributed by atoms with Crippen molar-refractivity contribution in [1.29, 1.82) is 0 Å². The van der Waals surface area contributed by atoms with Gasteiger partial charge in [0.2, 0.25) is 5.88 Å². The number of carbonyl (C=O) groups excluding carboxylic acids is 1. The number of carboxylic acid groups (broad SMARTS) is 1. The van der Waals surface area contributed by atoms with Gasteiger partial charge in [-0.15, -0.1) is 0 Å². The van der Waals surface area contributed by atoms with E-state index in [0.29, 0.717) is 5.56 Å². The van der Waals surface area contributed by atoms with Gasteiger partial charge < -0.3 is 15.2 Å². The van der Waals surface area contributed by atoms with Crippen LogP contribution in [0.4, 0.5) is 28.0 Å². The highest BCUT2D eigenvalue weighted by Crippen LogP contribution is 2.35. The van der Waals surface area contributed by atoms with Crippen molar-refractivity contribution in [1.82, 2.24) is 10.3 Å². The smallest absolute Gasteiger partial charge is 0.412 e. The lowest BCUT2D eigenvalue weighted by molar-refractivity contribution is -0.123. The number of benzene rings is 1. The van der Waals surface area contributed by atoms with Gasteiger partial charge in [-0.1, -0.05) is 12.1 Å². The third kappa shape index (κ3) is 4.78. The van der Waals surface area contributed by atoms with Crippen molar-refractivity contribution < 1.29 is 37.0 Å². The number of hydrogen-bond donors (Lipinski definition) is 2. The quantitative estimate of drug-likeness (QED) is 0.730. The molecule has 30 heavy (non-hydrogen) atoms. The first-order valence-electron chi connectivity index (χ1n) is 8.83. The Morgan fingerprint density at radius 2 is 1.97 bits per heavy atom. The molecule has 0 unspecified atom stereocenters. The van der Waals surface area contributed by atoms with E-state index < -0.39 is 36.6 Å². The first-order chi connectivity index (χ1) is 14.0. The lowest BCUT2D eigenvalue weighted by Crippen LogP contribution is -2.45. The maximum atomic E-state index is 13.2. The van der Waals surface area contributed by atoms with Crippen molar-refractivity contribution >= 4 is 17.7 Å². The predicted molar refractivity (Wildman–Crippen MR) is 97.3 cm³/mol. The van der Waals surface area contributed by atoms with Crippen LogP contribution in [-0.2, 0) is 6.42 Å². The molecular weight excluding hydrogens is 410 g/mol. The lowest BCUT2D eigenvalue weighted by Gasteiger charge is -2.32. The number of nitrogens with zero attached hydrogens (tertiary/aromatic N) is 2. The minimum absolute atomic E-state index is 0.0111. The average Bonchev–Trinajstić information content (AvgIpc) is 2.66. The van der Waals surface area contributed by atoms with E-state index in [4.69, 9.17) is 4.74 Å². The van der Waals surface area contributed by atoms with Crippen LogP contribution in [0.3, 0.4) is 0 Å². The van der Waals surface area contributed by atoms with E-state index in [1.54, 1.807) is 12.2 Å². The number of aromatic nitrogens is 1. The number of fused-ring (bicyclic) bond motifs is 1. The molecule has 0 radical (unpaired) electrons. The predicted octanol–water partition coefficient (Wildman–Crippen LogP) is 3.37. The van der Waals surface area contributed by atoms with Crippen LogP contribution in [0.25, 0.3) is 0 Å². The van der Waals surface area contributed by atoms with Gasteiger partial charge in [-0.2, -0.15) is 13.2 Å². The average molecular weight is 427 g/mol. The molecule has 2 N–H and O–H groups in total. The van der Waals surface area contributed by atoms with Crippen LogP contribution in [0.5, 0.6) is 5.88 Å². The number of hydrogen-bond acceptors (Lipinski definition) is 4. The van der Waals surface area contributed by atoms with E-state index in [0.717, 1.165) is 4.90 Å². The van der Waals surface area contributed by atoms with Crippen molar-refractivity contribution in [2.45, 2.75) is 25.6 Å². The van der Waals surface area contributed by atoms with Gasteiger partial charge in [0.05, 0.1) is 6.04 Å². The zero-order valence-electron chi connectivity index (χ0n) is 15.7. The summed E-state index contributed by atoms with van der Waals surface area (Å²) in [6.07, 6.45) is -5.87. The molecule has 0 aliphatic carbocycles. The molecule has 0 fully saturated rings. The van der Waals surface area contributed by atoms with Gasteiger partial charge in [0.25, 0.3) is 5.91 Å². The highest BCUT2D eigenvalue weighted by Gasteiger charge is 2.33. The molecule has 0 saturated carbocycles. The molecular formula is C19H17F4N3O4. The summed E-state index contributed by atoms with van der Waals surface area (Å²) >= 11 is 0. The van der Waals surface area contributed by atoms with Gasteiger partial charge in [0.1, 0.15) is 30.4 Å². The Labute approximate surface area is 168 Å². The largest absolute Gasteiger partial charge is 0.474 e. The van der Waals surface area contributed by atoms with Crippen molar-refractivity contribution in [3.8, 4) is 5.88 Å². The van der Waals surface area contributed by atoms with Crippen LogP contribution >= 0.6 is 0 Å². The molecule has 0 spiro atoms. The fourth-order valence-electron chi connectivity index (χ4n) is 3.03. The topological polar surface area (TPSA) is 91.8 Å². The second kappa shape index (κ2) is 8.17. The normalized spacial score (nSPS) is 15.9. The molecule has 1 aromatic carbocycles. The molecule has 1 atom stereocenters. The summed E-state index contributed by atoms with van der Waals surface area (Å²) in [6.45, 7) is 0.0214. The zero-order chi connectivity index (χ0) is 22.1. The fraction of sp³-hybridized carbons (Fsp3) is 0.316. The number of amides is 2. The van der Waals surface area contributed by atoms with Crippen molar-refractivity contribution in [3.63, 3.8) is 0 Å². The molecule has 2 amide bonds. The first-order valence-corrected chi connectivity index (χ1v) is 8.83. The van der Waals surface area contributed by atoms with Crippen molar-refractivity contribution in [3.05, 3.63) is 53.0 Å². The van der Waals surface area contributed by atoms with Gasteiger partial charge in [0, 0.05) is 0 Å². The van der Waals surface area contributed by atoms with Crippen LogP contribution in [0.1, 0.15) is 28.5 Å². The molecule has 1 aliphatic rings. The number of alkyl halides is 3. The summed E-state index contributed by atoms with van der Waals surface area (Å²) in [5.74, 6) is -1.74. The van der Waals surface area contributed by atoms with E-state index in [1.165, 1.54) is 30.3 Å². The molecule has 2 aromatic rings. The Hall–Kier alpha value is -3.37. The molecule has 0 saturated heterocycles. The van der Waals surface area contributed by atoms with Crippen molar-refractivity contribution in [2.24, 2.45) is 0 Å². The number of halogens is 4. The minimum Gasteiger partial charge on any atom is -0.474 e. The van der Waals surface area contributed by atoms with Crippen LogP contribution in [-0.4, -0.2) is 47.5 Å². The molecule has 7 nitrogen and oxygen atoms in total. The van der Waals surface area contributed by atoms with Gasteiger partial charge in [-0.05, 0) is 42.7 Å². The summed E-state index contributed by atoms with van der Waals surface area (Å²) in [6, 6.07) is 6.08. The summed E-state index contributed by atoms with van der Waals surface area (Å²) in [5.41, 5.74) is 0.464. The van der Waals surface area contributed by atoms with Gasteiger partial charge in [-0.25, -0.2) is 14.2 Å². The fourth-order valence-corrected chi connectivity index (χ4v) is 3.03. The monoisotopic (exact) mass is 427 g/mol. The number of nitrogens with one attached hydrogen (secondary N) is 1. The third-order valence-corrected chi connectivity index (χ3v) is 4.39. The number of carbonyl (C=O) groups is 2. The highest BCUT2D eigenvalue weighted by molar-refractivity contribution is 5.96. The standard InChI is InChI=1S/C19H17F4N3O4/c1-10-8-30-17-14(26(10)18(28)29)7-12(6-11-2-4-13(20)5-3-11)15(25-17)16(27)24-9-19(21,22)23/h2-5,7,10H,6,8-9H2,1H3,(H,24,27)(H,28,29)/t10-/m0/s1. The maximum absolute atomic E-state index is 13.2. The van der Waals surface area contributed by atoms with Crippen LogP contribution in [0.2, 0.25) is 0 Å². The SMILES string of the molecule is C[C@H]1COc2nc(C(=O)NCC(F)(F)F)c(Cc3ccc(F)cc3)cc2N1C(=O)O. The number of ether oxygens (including phenoxy) is 1. The molecule has 1 aromatic heterocycles. The van der Waals surface area contributed by atoms with Gasteiger partial charge in [-0.3, -0.25) is 9.69 Å². The van der Waals surface area contributed by atoms with Crippen LogP contribution in [0, 0.1) is 5.82 Å². The van der Waals surface area contributed by atoms with E-state index in [1.807, 2.05) is 0 Å². The van der Waals surface area contributed by atoms with E-state index >= 15 is 0 Å². The Morgan fingerprint density at radius 1 is 1.30 bits per heavy atom. The Balaban J connectivity index is 2.04.